The van der Waals surface area contributed by atoms with E-state index in [4.69, 9.17) is 14.6 Å². The number of alkyl halides is 3. The smallest absolute Gasteiger partial charge is 0.497 e. The highest BCUT2D eigenvalue weighted by Crippen LogP contribution is 2.42. The van der Waals surface area contributed by atoms with Crippen molar-refractivity contribution < 1.29 is 37.3 Å². The molecule has 1 heterocycles. The van der Waals surface area contributed by atoms with Crippen molar-refractivity contribution in [2.75, 3.05) is 7.11 Å². The first-order chi connectivity index (χ1) is 17.1. The number of benzene rings is 3. The van der Waals surface area contributed by atoms with E-state index in [1.165, 1.54) is 26.2 Å². The van der Waals surface area contributed by atoms with Gasteiger partial charge in [-0.1, -0.05) is 30.3 Å². The SMILES string of the molecule is COc1ccc(-c2c(C)n(Cc3cccc(OC(C)C(=O)O)c3)c3cccc(OC(F)(F)F)c23)cc1. The molecule has 0 saturated carbocycles. The van der Waals surface area contributed by atoms with E-state index in [2.05, 4.69) is 4.74 Å². The molecule has 1 atom stereocenters. The largest absolute Gasteiger partial charge is 0.573 e. The number of fused-ring (bicyclic) bond motifs is 1. The number of halogens is 3. The second kappa shape index (κ2) is 9.85. The molecule has 0 aliphatic carbocycles. The number of carbonyl (C=O) groups is 1. The molecule has 4 rings (SSSR count). The van der Waals surface area contributed by atoms with Gasteiger partial charge in [-0.15, -0.1) is 13.2 Å². The van der Waals surface area contributed by atoms with Crippen LogP contribution in [0.3, 0.4) is 0 Å². The number of hydrogen-bond acceptors (Lipinski definition) is 4. The number of aliphatic carboxylic acids is 1. The predicted octanol–water partition coefficient (Wildman–Crippen LogP) is 6.42. The summed E-state index contributed by atoms with van der Waals surface area (Å²) in [5.74, 6) is -0.374. The molecule has 0 amide bonds. The molecule has 36 heavy (non-hydrogen) atoms. The van der Waals surface area contributed by atoms with Crippen LogP contribution in [-0.2, 0) is 11.3 Å². The normalized spacial score (nSPS) is 12.4. The fraction of sp³-hybridized carbons (Fsp3) is 0.222. The van der Waals surface area contributed by atoms with Crippen LogP contribution in [0, 0.1) is 6.92 Å². The van der Waals surface area contributed by atoms with Crippen molar-refractivity contribution in [1.29, 1.82) is 0 Å². The van der Waals surface area contributed by atoms with Gasteiger partial charge in [0.15, 0.2) is 6.10 Å². The van der Waals surface area contributed by atoms with Crippen LogP contribution in [0.1, 0.15) is 18.2 Å². The summed E-state index contributed by atoms with van der Waals surface area (Å²) in [6.07, 6.45) is -5.88. The fourth-order valence-corrected chi connectivity index (χ4v) is 4.17. The third-order valence-corrected chi connectivity index (χ3v) is 5.82. The Balaban J connectivity index is 1.85. The Morgan fingerprint density at radius 1 is 1.03 bits per heavy atom. The summed E-state index contributed by atoms with van der Waals surface area (Å²) in [4.78, 5) is 11.2. The van der Waals surface area contributed by atoms with Crippen molar-refractivity contribution in [2.45, 2.75) is 32.9 Å². The van der Waals surface area contributed by atoms with Crippen molar-refractivity contribution in [3.63, 3.8) is 0 Å². The average molecular weight is 499 g/mol. The number of carboxylic acid groups (broad SMARTS) is 1. The third-order valence-electron chi connectivity index (χ3n) is 5.82. The number of methoxy groups -OCH3 is 1. The van der Waals surface area contributed by atoms with Gasteiger partial charge in [0.1, 0.15) is 17.2 Å². The molecular weight excluding hydrogens is 475 g/mol. The zero-order valence-corrected chi connectivity index (χ0v) is 19.8. The van der Waals surface area contributed by atoms with Gasteiger partial charge in [0.2, 0.25) is 0 Å². The Morgan fingerprint density at radius 2 is 1.72 bits per heavy atom. The Labute approximate surface area is 205 Å². The lowest BCUT2D eigenvalue weighted by atomic mass is 10.0. The summed E-state index contributed by atoms with van der Waals surface area (Å²) < 4.78 is 56.8. The molecule has 1 N–H and O–H groups in total. The maximum absolute atomic E-state index is 13.3. The molecule has 1 aromatic heterocycles. The molecule has 0 radical (unpaired) electrons. The lowest BCUT2D eigenvalue weighted by molar-refractivity contribution is -0.274. The van der Waals surface area contributed by atoms with Crippen molar-refractivity contribution in [2.24, 2.45) is 0 Å². The van der Waals surface area contributed by atoms with E-state index in [0.717, 1.165) is 11.3 Å². The van der Waals surface area contributed by atoms with Crippen molar-refractivity contribution in [1.82, 2.24) is 4.57 Å². The minimum absolute atomic E-state index is 0.292. The summed E-state index contributed by atoms with van der Waals surface area (Å²) in [7, 11) is 1.54. The van der Waals surface area contributed by atoms with E-state index in [9.17, 15) is 18.0 Å². The lowest BCUT2D eigenvalue weighted by Crippen LogP contribution is -2.22. The van der Waals surface area contributed by atoms with E-state index in [-0.39, 0.29) is 5.75 Å². The number of hydrogen-bond donors (Lipinski definition) is 1. The highest BCUT2D eigenvalue weighted by Gasteiger charge is 2.33. The molecule has 188 valence electrons. The molecular formula is C27H24F3NO5. The molecule has 4 aromatic rings. The van der Waals surface area contributed by atoms with Crippen LogP contribution in [0.2, 0.25) is 0 Å². The topological polar surface area (TPSA) is 69.9 Å². The van der Waals surface area contributed by atoms with Crippen LogP contribution < -0.4 is 14.2 Å². The Morgan fingerprint density at radius 3 is 2.36 bits per heavy atom. The van der Waals surface area contributed by atoms with Gasteiger partial charge in [-0.05, 0) is 61.4 Å². The van der Waals surface area contributed by atoms with Crippen molar-refractivity contribution >= 4 is 16.9 Å². The summed E-state index contributed by atoms with van der Waals surface area (Å²) in [6.45, 7) is 3.58. The second-order valence-electron chi connectivity index (χ2n) is 8.22. The molecule has 3 aromatic carbocycles. The highest BCUT2D eigenvalue weighted by molar-refractivity contribution is 6.02. The quantitative estimate of drug-likeness (QED) is 0.303. The van der Waals surface area contributed by atoms with Gasteiger partial charge >= 0.3 is 12.3 Å². The van der Waals surface area contributed by atoms with E-state index in [0.29, 0.717) is 40.1 Å². The van der Waals surface area contributed by atoms with Crippen LogP contribution in [0.4, 0.5) is 13.2 Å². The van der Waals surface area contributed by atoms with Crippen LogP contribution in [-0.4, -0.2) is 35.2 Å². The maximum atomic E-state index is 13.3. The molecule has 0 bridgehead atoms. The molecule has 0 aliphatic heterocycles. The number of carboxylic acids is 1. The number of aromatic nitrogens is 1. The summed E-state index contributed by atoms with van der Waals surface area (Å²) >= 11 is 0. The second-order valence-corrected chi connectivity index (χ2v) is 8.22. The molecule has 0 saturated heterocycles. The van der Waals surface area contributed by atoms with Gasteiger partial charge in [0.25, 0.3) is 0 Å². The maximum Gasteiger partial charge on any atom is 0.573 e. The molecule has 0 aliphatic rings. The number of nitrogens with zero attached hydrogens (tertiary/aromatic N) is 1. The van der Waals surface area contributed by atoms with Gasteiger partial charge in [-0.2, -0.15) is 0 Å². The van der Waals surface area contributed by atoms with E-state index < -0.39 is 18.4 Å². The van der Waals surface area contributed by atoms with Gasteiger partial charge in [0.05, 0.1) is 18.0 Å². The number of ether oxygens (including phenoxy) is 3. The number of rotatable bonds is 8. The van der Waals surface area contributed by atoms with E-state index >= 15 is 0 Å². The molecule has 6 nitrogen and oxygen atoms in total. The van der Waals surface area contributed by atoms with Gasteiger partial charge < -0.3 is 23.9 Å². The van der Waals surface area contributed by atoms with Crippen LogP contribution in [0.25, 0.3) is 22.0 Å². The first-order valence-corrected chi connectivity index (χ1v) is 11.1. The Kier molecular flexibility index (Phi) is 6.83. The van der Waals surface area contributed by atoms with Gasteiger partial charge in [-0.25, -0.2) is 4.79 Å². The van der Waals surface area contributed by atoms with Crippen LogP contribution in [0.15, 0.2) is 66.7 Å². The molecule has 0 spiro atoms. The van der Waals surface area contributed by atoms with Gasteiger partial charge in [-0.3, -0.25) is 0 Å². The molecule has 1 unspecified atom stereocenters. The average Bonchev–Trinajstić information content (AvgIpc) is 3.10. The monoisotopic (exact) mass is 499 g/mol. The summed E-state index contributed by atoms with van der Waals surface area (Å²) in [5, 5.41) is 9.46. The highest BCUT2D eigenvalue weighted by atomic mass is 19.4. The summed E-state index contributed by atoms with van der Waals surface area (Å²) in [5.41, 5.74) is 3.40. The molecule has 0 fully saturated rings. The Bertz CT molecular complexity index is 1390. The zero-order chi connectivity index (χ0) is 26.0. The predicted molar refractivity (Wildman–Crippen MR) is 129 cm³/mol. The summed E-state index contributed by atoms with van der Waals surface area (Å²) in [6, 6.07) is 18.6. The van der Waals surface area contributed by atoms with Crippen LogP contribution in [0.5, 0.6) is 17.2 Å². The zero-order valence-electron chi connectivity index (χ0n) is 19.8. The standard InChI is InChI=1S/C27H24F3NO5/c1-16-24(19-10-12-20(34-3)13-11-19)25-22(8-5-9-23(25)36-27(28,29)30)31(16)15-18-6-4-7-21(14-18)35-17(2)26(32)33/h4-14,17H,15H2,1-3H3,(H,32,33). The van der Waals surface area contributed by atoms with Gasteiger partial charge in [0, 0.05) is 17.8 Å². The first-order valence-electron chi connectivity index (χ1n) is 11.1. The minimum Gasteiger partial charge on any atom is -0.497 e. The van der Waals surface area contributed by atoms with E-state index in [1.807, 2.05) is 17.6 Å². The third kappa shape index (κ3) is 5.25. The Hall–Kier alpha value is -4.14. The van der Waals surface area contributed by atoms with E-state index in [1.54, 1.807) is 48.5 Å². The van der Waals surface area contributed by atoms with Crippen molar-refractivity contribution in [3.8, 4) is 28.4 Å². The minimum atomic E-state index is -4.85. The van der Waals surface area contributed by atoms with Crippen LogP contribution >= 0.6 is 0 Å². The lowest BCUT2D eigenvalue weighted by Gasteiger charge is -2.13. The fourth-order valence-electron chi connectivity index (χ4n) is 4.17. The van der Waals surface area contributed by atoms with Crippen molar-refractivity contribution in [3.05, 3.63) is 78.0 Å². The first kappa shape index (κ1) is 25.0. The molecule has 9 heteroatoms.